The highest BCUT2D eigenvalue weighted by molar-refractivity contribution is 5.99. The normalized spacial score (nSPS) is 20.3. The molecule has 3 N–H and O–H groups in total. The number of carbonyl (C=O) groups excluding carboxylic acids is 2. The number of benzene rings is 1. The second-order valence-electron chi connectivity index (χ2n) is 5.39. The number of hydrogen-bond acceptors (Lipinski definition) is 4. The molecule has 1 aliphatic heterocycles. The molecule has 0 spiro atoms. The van der Waals surface area contributed by atoms with Gasteiger partial charge in [-0.1, -0.05) is 6.07 Å². The van der Waals surface area contributed by atoms with Crippen LogP contribution < -0.4 is 16.0 Å². The Morgan fingerprint density at radius 2 is 2.13 bits per heavy atom. The maximum atomic E-state index is 12.4. The van der Waals surface area contributed by atoms with Crippen molar-refractivity contribution in [1.29, 1.82) is 0 Å². The minimum absolute atomic E-state index is 0. The van der Waals surface area contributed by atoms with Crippen molar-refractivity contribution in [3.05, 3.63) is 29.3 Å². The van der Waals surface area contributed by atoms with Crippen molar-refractivity contribution < 1.29 is 14.3 Å². The largest absolute Gasteiger partial charge is 0.375 e. The molecule has 0 aliphatic carbocycles. The lowest BCUT2D eigenvalue weighted by molar-refractivity contribution is -0.123. The molecule has 1 aliphatic rings. The third kappa shape index (κ3) is 4.92. The van der Waals surface area contributed by atoms with E-state index in [4.69, 9.17) is 4.74 Å². The van der Waals surface area contributed by atoms with E-state index in [2.05, 4.69) is 16.0 Å². The molecule has 1 aromatic carbocycles. The van der Waals surface area contributed by atoms with Gasteiger partial charge in [-0.25, -0.2) is 0 Å². The average molecular weight is 342 g/mol. The molecule has 0 radical (unpaired) electrons. The van der Waals surface area contributed by atoms with E-state index in [1.165, 1.54) is 0 Å². The van der Waals surface area contributed by atoms with Gasteiger partial charge in [-0.2, -0.15) is 0 Å². The van der Waals surface area contributed by atoms with Crippen LogP contribution in [-0.4, -0.2) is 43.7 Å². The quantitative estimate of drug-likeness (QED) is 0.775. The number of rotatable bonds is 4. The van der Waals surface area contributed by atoms with Crippen molar-refractivity contribution in [2.45, 2.75) is 32.9 Å². The van der Waals surface area contributed by atoms with Gasteiger partial charge in [0.15, 0.2) is 0 Å². The average Bonchev–Trinajstić information content (AvgIpc) is 2.50. The highest BCUT2D eigenvalue weighted by atomic mass is 35.5. The van der Waals surface area contributed by atoms with Crippen LogP contribution in [0.3, 0.4) is 0 Å². The van der Waals surface area contributed by atoms with Crippen LogP contribution in [0.15, 0.2) is 18.2 Å². The molecular formula is C16H24ClN3O3. The predicted octanol–water partition coefficient (Wildman–Crippen LogP) is 1.48. The van der Waals surface area contributed by atoms with E-state index in [0.717, 1.165) is 5.56 Å². The SMILES string of the molecule is CCNC(=O)c1ccc(C)c(NC(=O)[C@H]2NCCO[C@@H]2C)c1.Cl. The fourth-order valence-electron chi connectivity index (χ4n) is 2.40. The summed E-state index contributed by atoms with van der Waals surface area (Å²) in [5.41, 5.74) is 2.09. The summed E-state index contributed by atoms with van der Waals surface area (Å²) in [5, 5.41) is 8.78. The third-order valence-corrected chi connectivity index (χ3v) is 3.69. The minimum Gasteiger partial charge on any atom is -0.375 e. The number of aryl methyl sites for hydroxylation is 1. The first-order valence-electron chi connectivity index (χ1n) is 7.57. The molecule has 2 rings (SSSR count). The summed E-state index contributed by atoms with van der Waals surface area (Å²) >= 11 is 0. The van der Waals surface area contributed by atoms with Crippen molar-refractivity contribution in [2.24, 2.45) is 0 Å². The van der Waals surface area contributed by atoms with Gasteiger partial charge in [0.25, 0.3) is 5.91 Å². The van der Waals surface area contributed by atoms with Crippen LogP contribution in [0.4, 0.5) is 5.69 Å². The third-order valence-electron chi connectivity index (χ3n) is 3.69. The van der Waals surface area contributed by atoms with E-state index in [-0.39, 0.29) is 36.4 Å². The van der Waals surface area contributed by atoms with Gasteiger partial charge in [0, 0.05) is 24.3 Å². The second-order valence-corrected chi connectivity index (χ2v) is 5.39. The second kappa shape index (κ2) is 8.86. The van der Waals surface area contributed by atoms with Crippen LogP contribution in [0.25, 0.3) is 0 Å². The van der Waals surface area contributed by atoms with Gasteiger partial charge in [0.1, 0.15) is 6.04 Å². The molecule has 7 heteroatoms. The molecule has 23 heavy (non-hydrogen) atoms. The first-order valence-corrected chi connectivity index (χ1v) is 7.57. The topological polar surface area (TPSA) is 79.5 Å². The van der Waals surface area contributed by atoms with Crippen LogP contribution in [0.5, 0.6) is 0 Å². The number of halogens is 1. The standard InChI is InChI=1S/C16H23N3O3.ClH/c1-4-17-15(20)12-6-5-10(2)13(9-12)19-16(21)14-11(3)22-8-7-18-14;/h5-6,9,11,14,18H,4,7-8H2,1-3H3,(H,17,20)(H,19,21);1H/t11-,14+;/m1./s1. The number of hydrogen-bond donors (Lipinski definition) is 3. The Morgan fingerprint density at radius 3 is 2.78 bits per heavy atom. The van der Waals surface area contributed by atoms with E-state index in [1.54, 1.807) is 12.1 Å². The molecule has 0 saturated carbocycles. The zero-order valence-electron chi connectivity index (χ0n) is 13.6. The molecule has 1 saturated heterocycles. The summed E-state index contributed by atoms with van der Waals surface area (Å²) < 4.78 is 5.49. The lowest BCUT2D eigenvalue weighted by atomic mass is 10.1. The van der Waals surface area contributed by atoms with Crippen molar-refractivity contribution >= 4 is 29.9 Å². The molecule has 0 aromatic heterocycles. The monoisotopic (exact) mass is 341 g/mol. The summed E-state index contributed by atoms with van der Waals surface area (Å²) in [7, 11) is 0. The number of morpholine rings is 1. The zero-order chi connectivity index (χ0) is 16.1. The van der Waals surface area contributed by atoms with Gasteiger partial charge in [0.2, 0.25) is 5.91 Å². The van der Waals surface area contributed by atoms with Crippen LogP contribution >= 0.6 is 12.4 Å². The van der Waals surface area contributed by atoms with E-state index in [9.17, 15) is 9.59 Å². The molecule has 128 valence electrons. The Bertz CT molecular complexity index is 566. The number of carbonyl (C=O) groups is 2. The van der Waals surface area contributed by atoms with Gasteiger partial charge in [-0.3, -0.25) is 9.59 Å². The molecule has 0 bridgehead atoms. The van der Waals surface area contributed by atoms with Crippen LogP contribution in [0, 0.1) is 6.92 Å². The minimum atomic E-state index is -0.388. The molecular weight excluding hydrogens is 318 g/mol. The lowest BCUT2D eigenvalue weighted by Gasteiger charge is -2.29. The molecule has 2 amide bonds. The van der Waals surface area contributed by atoms with E-state index in [1.807, 2.05) is 26.8 Å². The smallest absolute Gasteiger partial charge is 0.251 e. The maximum absolute atomic E-state index is 12.4. The summed E-state index contributed by atoms with van der Waals surface area (Å²) in [6.45, 7) is 7.46. The van der Waals surface area contributed by atoms with Crippen LogP contribution in [0.2, 0.25) is 0 Å². The number of nitrogens with one attached hydrogen (secondary N) is 3. The highest BCUT2D eigenvalue weighted by Gasteiger charge is 2.28. The Hall–Kier alpha value is -1.63. The first kappa shape index (κ1) is 19.4. The number of anilines is 1. The Balaban J connectivity index is 0.00000264. The number of ether oxygens (including phenoxy) is 1. The molecule has 2 atom stereocenters. The van der Waals surface area contributed by atoms with Gasteiger partial charge in [-0.15, -0.1) is 12.4 Å². The maximum Gasteiger partial charge on any atom is 0.251 e. The summed E-state index contributed by atoms with van der Waals surface area (Å²) in [5.74, 6) is -0.297. The van der Waals surface area contributed by atoms with Gasteiger partial charge in [-0.05, 0) is 38.5 Å². The first-order chi connectivity index (χ1) is 10.5. The fourth-order valence-corrected chi connectivity index (χ4v) is 2.40. The lowest BCUT2D eigenvalue weighted by Crippen LogP contribution is -2.53. The van der Waals surface area contributed by atoms with Crippen molar-refractivity contribution in [1.82, 2.24) is 10.6 Å². The molecule has 1 heterocycles. The van der Waals surface area contributed by atoms with Gasteiger partial charge >= 0.3 is 0 Å². The molecule has 6 nitrogen and oxygen atoms in total. The Labute approximate surface area is 142 Å². The van der Waals surface area contributed by atoms with Crippen molar-refractivity contribution in [3.8, 4) is 0 Å². The highest BCUT2D eigenvalue weighted by Crippen LogP contribution is 2.18. The van der Waals surface area contributed by atoms with E-state index in [0.29, 0.717) is 30.9 Å². The van der Waals surface area contributed by atoms with E-state index < -0.39 is 0 Å². The number of amides is 2. The summed E-state index contributed by atoms with van der Waals surface area (Å²) in [6.07, 6.45) is -0.180. The Morgan fingerprint density at radius 1 is 1.39 bits per heavy atom. The van der Waals surface area contributed by atoms with Crippen molar-refractivity contribution in [3.63, 3.8) is 0 Å². The summed E-state index contributed by atoms with van der Waals surface area (Å²) in [6, 6.07) is 4.89. The van der Waals surface area contributed by atoms with Crippen LogP contribution in [0.1, 0.15) is 29.8 Å². The molecule has 1 aromatic rings. The fraction of sp³-hybridized carbons (Fsp3) is 0.500. The Kier molecular flexibility index (Phi) is 7.48. The van der Waals surface area contributed by atoms with Crippen LogP contribution in [-0.2, 0) is 9.53 Å². The van der Waals surface area contributed by atoms with Gasteiger partial charge < -0.3 is 20.7 Å². The zero-order valence-corrected chi connectivity index (χ0v) is 14.5. The van der Waals surface area contributed by atoms with Gasteiger partial charge in [0.05, 0.1) is 12.7 Å². The molecule has 0 unspecified atom stereocenters. The predicted molar refractivity (Wildman–Crippen MR) is 92.3 cm³/mol. The molecule has 1 fully saturated rings. The summed E-state index contributed by atoms with van der Waals surface area (Å²) in [4.78, 5) is 24.3. The van der Waals surface area contributed by atoms with Crippen molar-refractivity contribution in [2.75, 3.05) is 25.0 Å². The van der Waals surface area contributed by atoms with E-state index >= 15 is 0 Å².